The second-order valence-corrected chi connectivity index (χ2v) is 4.06. The minimum Gasteiger partial charge on any atom is -0.345 e. The van der Waals surface area contributed by atoms with Crippen LogP contribution < -0.4 is 0 Å². The summed E-state index contributed by atoms with van der Waals surface area (Å²) in [5.74, 6) is 0.822. The second kappa shape index (κ2) is 5.79. The molecule has 0 saturated carbocycles. The summed E-state index contributed by atoms with van der Waals surface area (Å²) in [6.07, 6.45) is 4.18. The van der Waals surface area contributed by atoms with Crippen LogP contribution in [-0.2, 0) is 4.79 Å². The summed E-state index contributed by atoms with van der Waals surface area (Å²) in [5.41, 5.74) is 0.852. The van der Waals surface area contributed by atoms with Gasteiger partial charge in [-0.2, -0.15) is 0 Å². The van der Waals surface area contributed by atoms with E-state index in [-0.39, 0.29) is 5.91 Å². The minimum absolute atomic E-state index is 0.115. The van der Waals surface area contributed by atoms with Crippen LogP contribution in [0.3, 0.4) is 0 Å². The summed E-state index contributed by atoms with van der Waals surface area (Å²) in [6, 6.07) is 0. The van der Waals surface area contributed by atoms with E-state index in [9.17, 15) is 4.79 Å². The number of allylic oxidation sites excluding steroid dienone is 1. The molecule has 0 aromatic rings. The van der Waals surface area contributed by atoms with Gasteiger partial charge in [-0.15, -0.1) is 0 Å². The average molecular weight is 183 g/mol. The van der Waals surface area contributed by atoms with Crippen LogP contribution in [0, 0.1) is 5.92 Å². The van der Waals surface area contributed by atoms with E-state index in [1.54, 1.807) is 19.0 Å². The van der Waals surface area contributed by atoms with E-state index in [0.29, 0.717) is 5.92 Å². The highest BCUT2D eigenvalue weighted by Crippen LogP contribution is 2.07. The smallest absolute Gasteiger partial charge is 0.248 e. The first-order valence-corrected chi connectivity index (χ1v) is 4.83. The van der Waals surface area contributed by atoms with Gasteiger partial charge in [-0.1, -0.05) is 19.9 Å². The van der Waals surface area contributed by atoms with Crippen LogP contribution in [0.15, 0.2) is 11.6 Å². The molecule has 0 heterocycles. The zero-order valence-electron chi connectivity index (χ0n) is 9.42. The van der Waals surface area contributed by atoms with Crippen molar-refractivity contribution in [2.24, 2.45) is 5.92 Å². The predicted octanol–water partition coefficient (Wildman–Crippen LogP) is 2.46. The molecule has 0 aliphatic heterocycles. The molecule has 0 atom stereocenters. The van der Waals surface area contributed by atoms with Crippen molar-refractivity contribution < 1.29 is 4.79 Å². The van der Waals surface area contributed by atoms with Crippen molar-refractivity contribution in [3.05, 3.63) is 11.6 Å². The van der Waals surface area contributed by atoms with Gasteiger partial charge in [0.25, 0.3) is 0 Å². The molecule has 0 aliphatic rings. The van der Waals surface area contributed by atoms with Gasteiger partial charge in [0.2, 0.25) is 5.91 Å². The van der Waals surface area contributed by atoms with E-state index in [4.69, 9.17) is 0 Å². The summed E-state index contributed by atoms with van der Waals surface area (Å²) in [7, 11) is 3.56. The van der Waals surface area contributed by atoms with Gasteiger partial charge in [-0.05, 0) is 25.7 Å². The topological polar surface area (TPSA) is 20.3 Å². The van der Waals surface area contributed by atoms with Crippen LogP contribution in [0.25, 0.3) is 0 Å². The van der Waals surface area contributed by atoms with Gasteiger partial charge in [0.1, 0.15) is 0 Å². The second-order valence-electron chi connectivity index (χ2n) is 4.06. The Morgan fingerprint density at radius 3 is 2.31 bits per heavy atom. The van der Waals surface area contributed by atoms with Crippen molar-refractivity contribution in [1.29, 1.82) is 0 Å². The molecule has 0 rings (SSSR count). The van der Waals surface area contributed by atoms with Crippen molar-refractivity contribution in [3.8, 4) is 0 Å². The molecule has 1 amide bonds. The molecule has 76 valence electrons. The van der Waals surface area contributed by atoms with E-state index in [0.717, 1.165) is 18.4 Å². The third kappa shape index (κ3) is 5.45. The van der Waals surface area contributed by atoms with Crippen molar-refractivity contribution in [2.45, 2.75) is 33.6 Å². The molecule has 0 saturated heterocycles. The molecule has 0 fully saturated rings. The van der Waals surface area contributed by atoms with Crippen LogP contribution in [0.4, 0.5) is 0 Å². The van der Waals surface area contributed by atoms with Crippen LogP contribution in [0.1, 0.15) is 33.6 Å². The quantitative estimate of drug-likeness (QED) is 0.613. The lowest BCUT2D eigenvalue weighted by molar-refractivity contribution is -0.124. The van der Waals surface area contributed by atoms with Gasteiger partial charge in [-0.3, -0.25) is 4.79 Å². The zero-order valence-corrected chi connectivity index (χ0v) is 9.42. The fourth-order valence-corrected chi connectivity index (χ4v) is 1.07. The number of likely N-dealkylation sites (N-methyl/N-ethyl adjacent to an activating group) is 1. The monoisotopic (exact) mass is 183 g/mol. The first-order valence-electron chi connectivity index (χ1n) is 4.83. The van der Waals surface area contributed by atoms with E-state index in [2.05, 4.69) is 13.8 Å². The molecule has 2 nitrogen and oxygen atoms in total. The van der Waals surface area contributed by atoms with Crippen LogP contribution in [0.5, 0.6) is 0 Å². The highest BCUT2D eigenvalue weighted by molar-refractivity contribution is 5.92. The van der Waals surface area contributed by atoms with E-state index < -0.39 is 0 Å². The fraction of sp³-hybridized carbons (Fsp3) is 0.727. The Morgan fingerprint density at radius 1 is 1.38 bits per heavy atom. The third-order valence-corrected chi connectivity index (χ3v) is 1.94. The standard InChI is InChI=1S/C11H21NO/c1-9(2)7-6-8-10(3)11(13)12(4)5/h8-9H,6-7H2,1-5H3. The normalized spacial score (nSPS) is 12.0. The Bertz CT molecular complexity index is 192. The number of amides is 1. The van der Waals surface area contributed by atoms with Crippen molar-refractivity contribution >= 4 is 5.91 Å². The SMILES string of the molecule is CC(=CCCC(C)C)C(=O)N(C)C. The van der Waals surface area contributed by atoms with Crippen molar-refractivity contribution in [1.82, 2.24) is 4.90 Å². The number of hydrogen-bond acceptors (Lipinski definition) is 1. The molecular formula is C11H21NO. The number of hydrogen-bond donors (Lipinski definition) is 0. The summed E-state index contributed by atoms with van der Waals surface area (Å²) >= 11 is 0. The zero-order chi connectivity index (χ0) is 10.4. The van der Waals surface area contributed by atoms with Gasteiger partial charge in [0.05, 0.1) is 0 Å². The van der Waals surface area contributed by atoms with Crippen molar-refractivity contribution in [2.75, 3.05) is 14.1 Å². The Kier molecular flexibility index (Phi) is 5.44. The first kappa shape index (κ1) is 12.2. The minimum atomic E-state index is 0.115. The van der Waals surface area contributed by atoms with Crippen LogP contribution >= 0.6 is 0 Å². The number of carbonyl (C=O) groups is 1. The number of rotatable bonds is 4. The molecular weight excluding hydrogens is 162 g/mol. The lowest BCUT2D eigenvalue weighted by Crippen LogP contribution is -2.22. The van der Waals surface area contributed by atoms with Gasteiger partial charge >= 0.3 is 0 Å². The molecule has 0 aromatic heterocycles. The molecule has 13 heavy (non-hydrogen) atoms. The maximum Gasteiger partial charge on any atom is 0.248 e. The maximum atomic E-state index is 11.4. The Hall–Kier alpha value is -0.790. The predicted molar refractivity (Wildman–Crippen MR) is 56.5 cm³/mol. The van der Waals surface area contributed by atoms with E-state index in [1.165, 1.54) is 0 Å². The van der Waals surface area contributed by atoms with Gasteiger partial charge in [-0.25, -0.2) is 0 Å². The van der Waals surface area contributed by atoms with Crippen LogP contribution in [0.2, 0.25) is 0 Å². The third-order valence-electron chi connectivity index (χ3n) is 1.94. The molecule has 0 spiro atoms. The van der Waals surface area contributed by atoms with E-state index >= 15 is 0 Å². The summed E-state index contributed by atoms with van der Waals surface area (Å²) in [5, 5.41) is 0. The highest BCUT2D eigenvalue weighted by Gasteiger charge is 2.05. The largest absolute Gasteiger partial charge is 0.345 e. The van der Waals surface area contributed by atoms with Crippen LogP contribution in [-0.4, -0.2) is 24.9 Å². The first-order chi connectivity index (χ1) is 5.95. The molecule has 0 N–H and O–H groups in total. The Morgan fingerprint density at radius 2 is 1.92 bits per heavy atom. The lowest BCUT2D eigenvalue weighted by Gasteiger charge is -2.10. The number of nitrogens with zero attached hydrogens (tertiary/aromatic N) is 1. The van der Waals surface area contributed by atoms with Crippen molar-refractivity contribution in [3.63, 3.8) is 0 Å². The average Bonchev–Trinajstić information content (AvgIpc) is 2.02. The molecule has 0 bridgehead atoms. The molecule has 0 aliphatic carbocycles. The summed E-state index contributed by atoms with van der Waals surface area (Å²) < 4.78 is 0. The van der Waals surface area contributed by atoms with Gasteiger partial charge in [0, 0.05) is 19.7 Å². The molecule has 2 heteroatoms. The molecule has 0 radical (unpaired) electrons. The Labute approximate surface area is 81.6 Å². The van der Waals surface area contributed by atoms with Gasteiger partial charge in [0.15, 0.2) is 0 Å². The number of carbonyl (C=O) groups excluding carboxylic acids is 1. The summed E-state index contributed by atoms with van der Waals surface area (Å²) in [4.78, 5) is 13.0. The highest BCUT2D eigenvalue weighted by atomic mass is 16.2. The molecule has 0 aromatic carbocycles. The van der Waals surface area contributed by atoms with E-state index in [1.807, 2.05) is 13.0 Å². The Balaban J connectivity index is 3.95. The van der Waals surface area contributed by atoms with Gasteiger partial charge < -0.3 is 4.90 Å². The maximum absolute atomic E-state index is 11.4. The summed E-state index contributed by atoms with van der Waals surface area (Å²) in [6.45, 7) is 6.26. The fourth-order valence-electron chi connectivity index (χ4n) is 1.07. The lowest BCUT2D eigenvalue weighted by atomic mass is 10.1. The molecule has 0 unspecified atom stereocenters.